The molecule has 118 valence electrons. The first-order chi connectivity index (χ1) is 9.81. The van der Waals surface area contributed by atoms with Crippen LogP contribution in [0.25, 0.3) is 0 Å². The summed E-state index contributed by atoms with van der Waals surface area (Å²) in [5, 5.41) is 2.63. The Labute approximate surface area is 124 Å². The number of hydrogen-bond acceptors (Lipinski definition) is 4. The van der Waals surface area contributed by atoms with Crippen LogP contribution in [0.2, 0.25) is 0 Å². The first kappa shape index (κ1) is 15.8. The van der Waals surface area contributed by atoms with Crippen LogP contribution in [0, 0.1) is 0 Å². The fraction of sp³-hybridized carbons (Fsp3) is 0.786. The van der Waals surface area contributed by atoms with Gasteiger partial charge in [0.15, 0.2) is 0 Å². The molecule has 2 rings (SSSR count). The van der Waals surface area contributed by atoms with Gasteiger partial charge in [-0.2, -0.15) is 0 Å². The summed E-state index contributed by atoms with van der Waals surface area (Å²) < 4.78 is 0. The summed E-state index contributed by atoms with van der Waals surface area (Å²) in [7, 11) is 0. The molecule has 0 aromatic rings. The molecule has 2 heterocycles. The van der Waals surface area contributed by atoms with Crippen molar-refractivity contribution in [3.8, 4) is 0 Å². The molecule has 3 N–H and O–H groups in total. The number of piperidine rings is 1. The molecular weight excluding hydrogens is 272 g/mol. The lowest BCUT2D eigenvalue weighted by Crippen LogP contribution is -2.45. The van der Waals surface area contributed by atoms with E-state index in [-0.39, 0.29) is 30.4 Å². The van der Waals surface area contributed by atoms with Crippen LogP contribution in [-0.4, -0.2) is 58.9 Å². The molecule has 2 aliphatic rings. The molecule has 1 unspecified atom stereocenters. The number of nitrogens with two attached hydrogens (primary N) is 1. The van der Waals surface area contributed by atoms with E-state index in [9.17, 15) is 14.4 Å². The second kappa shape index (κ2) is 6.01. The number of likely N-dealkylation sites (tertiary alicyclic amines) is 1. The molecule has 7 heteroatoms. The smallest absolute Gasteiger partial charge is 0.325 e. The van der Waals surface area contributed by atoms with Gasteiger partial charge in [-0.15, -0.1) is 0 Å². The fourth-order valence-electron chi connectivity index (χ4n) is 2.80. The van der Waals surface area contributed by atoms with Crippen molar-refractivity contribution in [1.29, 1.82) is 0 Å². The van der Waals surface area contributed by atoms with Gasteiger partial charge in [-0.1, -0.05) is 0 Å². The molecule has 2 fully saturated rings. The number of amides is 4. The molecule has 0 aliphatic carbocycles. The predicted molar refractivity (Wildman–Crippen MR) is 77.3 cm³/mol. The third kappa shape index (κ3) is 3.53. The number of urea groups is 1. The Morgan fingerprint density at radius 2 is 2.14 bits per heavy atom. The van der Waals surface area contributed by atoms with Gasteiger partial charge >= 0.3 is 6.03 Å². The van der Waals surface area contributed by atoms with Crippen LogP contribution in [-0.2, 0) is 9.59 Å². The number of imide groups is 1. The maximum absolute atomic E-state index is 12.1. The van der Waals surface area contributed by atoms with E-state index in [0.29, 0.717) is 19.4 Å². The van der Waals surface area contributed by atoms with E-state index in [2.05, 4.69) is 5.32 Å². The van der Waals surface area contributed by atoms with Gasteiger partial charge in [0.25, 0.3) is 5.91 Å². The summed E-state index contributed by atoms with van der Waals surface area (Å²) in [5.41, 5.74) is 5.01. The lowest BCUT2D eigenvalue weighted by Gasteiger charge is -2.31. The van der Waals surface area contributed by atoms with Gasteiger partial charge in [0.2, 0.25) is 5.91 Å². The van der Waals surface area contributed by atoms with Crippen molar-refractivity contribution < 1.29 is 14.4 Å². The maximum atomic E-state index is 12.1. The van der Waals surface area contributed by atoms with Gasteiger partial charge < -0.3 is 16.0 Å². The highest BCUT2D eigenvalue weighted by molar-refractivity contribution is 6.06. The Morgan fingerprint density at radius 3 is 2.71 bits per heavy atom. The highest BCUT2D eigenvalue weighted by atomic mass is 16.2. The molecule has 7 nitrogen and oxygen atoms in total. The van der Waals surface area contributed by atoms with E-state index < -0.39 is 5.54 Å². The summed E-state index contributed by atoms with van der Waals surface area (Å²) in [5.74, 6) is -0.184. The second-order valence-electron chi connectivity index (χ2n) is 6.36. The SMILES string of the molecule is CC1(C)NC(=O)N(CCCC(=O)N2CCCC(N)C2)C1=O. The largest absolute Gasteiger partial charge is 0.341 e. The van der Waals surface area contributed by atoms with Gasteiger partial charge in [0.05, 0.1) is 0 Å². The number of nitrogens with zero attached hydrogens (tertiary/aromatic N) is 2. The number of carbonyl (C=O) groups excluding carboxylic acids is 3. The maximum Gasteiger partial charge on any atom is 0.325 e. The quantitative estimate of drug-likeness (QED) is 0.716. The Hall–Kier alpha value is -1.63. The molecule has 0 bridgehead atoms. The summed E-state index contributed by atoms with van der Waals surface area (Å²) in [4.78, 5) is 38.7. The van der Waals surface area contributed by atoms with Crippen LogP contribution in [0.15, 0.2) is 0 Å². The molecule has 0 aromatic carbocycles. The number of nitrogens with one attached hydrogen (secondary N) is 1. The zero-order valence-electron chi connectivity index (χ0n) is 12.7. The Balaban J connectivity index is 1.78. The van der Waals surface area contributed by atoms with E-state index in [1.165, 1.54) is 4.90 Å². The lowest BCUT2D eigenvalue weighted by molar-refractivity contribution is -0.133. The molecule has 2 aliphatic heterocycles. The zero-order valence-corrected chi connectivity index (χ0v) is 12.7. The number of rotatable bonds is 4. The average Bonchev–Trinajstić information content (AvgIpc) is 2.60. The minimum atomic E-state index is -0.846. The van der Waals surface area contributed by atoms with Crippen LogP contribution in [0.5, 0.6) is 0 Å². The van der Waals surface area contributed by atoms with E-state index in [4.69, 9.17) is 5.73 Å². The van der Waals surface area contributed by atoms with Crippen LogP contribution >= 0.6 is 0 Å². The minimum Gasteiger partial charge on any atom is -0.341 e. The molecular formula is C14H24N4O3. The molecule has 0 saturated carbocycles. The normalized spacial score (nSPS) is 25.2. The van der Waals surface area contributed by atoms with Gasteiger partial charge in [0.1, 0.15) is 5.54 Å². The summed E-state index contributed by atoms with van der Waals surface area (Å²) in [6.45, 7) is 4.98. The highest BCUT2D eigenvalue weighted by Gasteiger charge is 2.43. The Kier molecular flexibility index (Phi) is 4.51. The molecule has 0 radical (unpaired) electrons. The van der Waals surface area contributed by atoms with Crippen molar-refractivity contribution in [2.45, 2.75) is 51.1 Å². The molecule has 1 atom stereocenters. The monoisotopic (exact) mass is 296 g/mol. The van der Waals surface area contributed by atoms with Crippen LogP contribution in [0.1, 0.15) is 39.5 Å². The molecule has 2 saturated heterocycles. The van der Waals surface area contributed by atoms with Crippen molar-refractivity contribution in [2.75, 3.05) is 19.6 Å². The topological polar surface area (TPSA) is 95.7 Å². The zero-order chi connectivity index (χ0) is 15.6. The van der Waals surface area contributed by atoms with Crippen LogP contribution in [0.4, 0.5) is 4.79 Å². The number of hydrogen-bond donors (Lipinski definition) is 2. The van der Waals surface area contributed by atoms with Crippen molar-refractivity contribution in [1.82, 2.24) is 15.1 Å². The second-order valence-corrected chi connectivity index (χ2v) is 6.36. The van der Waals surface area contributed by atoms with E-state index >= 15 is 0 Å². The average molecular weight is 296 g/mol. The third-order valence-corrected chi connectivity index (χ3v) is 4.03. The van der Waals surface area contributed by atoms with Gasteiger partial charge in [-0.25, -0.2) is 4.79 Å². The van der Waals surface area contributed by atoms with Crippen molar-refractivity contribution in [2.24, 2.45) is 5.73 Å². The third-order valence-electron chi connectivity index (χ3n) is 4.03. The molecule has 0 aromatic heterocycles. The molecule has 4 amide bonds. The van der Waals surface area contributed by atoms with Gasteiger partial charge in [-0.05, 0) is 33.1 Å². The summed E-state index contributed by atoms with van der Waals surface area (Å²) in [6.07, 6.45) is 2.72. The van der Waals surface area contributed by atoms with Crippen LogP contribution in [0.3, 0.4) is 0 Å². The fourth-order valence-corrected chi connectivity index (χ4v) is 2.80. The van der Waals surface area contributed by atoms with E-state index in [1.807, 2.05) is 0 Å². The van der Waals surface area contributed by atoms with Crippen molar-refractivity contribution in [3.05, 3.63) is 0 Å². The van der Waals surface area contributed by atoms with E-state index in [0.717, 1.165) is 19.4 Å². The first-order valence-electron chi connectivity index (χ1n) is 7.49. The molecule has 21 heavy (non-hydrogen) atoms. The summed E-state index contributed by atoms with van der Waals surface area (Å²) >= 11 is 0. The van der Waals surface area contributed by atoms with Gasteiger partial charge in [-0.3, -0.25) is 14.5 Å². The van der Waals surface area contributed by atoms with E-state index in [1.54, 1.807) is 18.7 Å². The van der Waals surface area contributed by atoms with Crippen molar-refractivity contribution >= 4 is 17.8 Å². The Bertz CT molecular complexity index is 450. The first-order valence-corrected chi connectivity index (χ1v) is 7.49. The molecule has 0 spiro atoms. The summed E-state index contributed by atoms with van der Waals surface area (Å²) in [6, 6.07) is -0.313. The Morgan fingerprint density at radius 1 is 1.43 bits per heavy atom. The van der Waals surface area contributed by atoms with Crippen molar-refractivity contribution in [3.63, 3.8) is 0 Å². The lowest BCUT2D eigenvalue weighted by atomic mass is 10.1. The standard InChI is InChI=1S/C14H24N4O3/c1-14(2)12(20)18(13(21)16-14)8-4-6-11(19)17-7-3-5-10(15)9-17/h10H,3-9,15H2,1-2H3,(H,16,21). The highest BCUT2D eigenvalue weighted by Crippen LogP contribution is 2.17. The minimum absolute atomic E-state index is 0.0523. The predicted octanol–water partition coefficient (Wildman–Crippen LogP) is 0.0467. The number of carbonyl (C=O) groups is 3. The van der Waals surface area contributed by atoms with Crippen LogP contribution < -0.4 is 11.1 Å². The van der Waals surface area contributed by atoms with Gasteiger partial charge in [0, 0.05) is 32.1 Å².